The molecule has 2 rings (SSSR count). The molecule has 0 saturated heterocycles. The van der Waals surface area contributed by atoms with E-state index in [1.165, 1.54) is 44.6 Å². The van der Waals surface area contributed by atoms with Crippen LogP contribution in [0.3, 0.4) is 0 Å². The number of nitrogens with one attached hydrogen (secondary N) is 1. The Balaban J connectivity index is 1.70. The van der Waals surface area contributed by atoms with Crippen molar-refractivity contribution in [3.05, 3.63) is 36.0 Å². The number of carbonyl (C=O) groups excluding carboxylic acids is 2. The lowest BCUT2D eigenvalue weighted by molar-refractivity contribution is -0.137. The Morgan fingerprint density at radius 2 is 1.67 bits per heavy atom. The lowest BCUT2D eigenvalue weighted by Crippen LogP contribution is -2.34. The number of rotatable bonds is 13. The Kier molecular flexibility index (Phi) is 8.84. The van der Waals surface area contributed by atoms with Crippen LogP contribution >= 0.6 is 0 Å². The van der Waals surface area contributed by atoms with Gasteiger partial charge in [0.05, 0.1) is 19.8 Å². The van der Waals surface area contributed by atoms with Crippen LogP contribution in [0, 0.1) is 0 Å². The molecule has 0 fully saturated rings. The topological polar surface area (TPSA) is 78.9 Å². The molecule has 0 atom stereocenters. The van der Waals surface area contributed by atoms with E-state index in [0.29, 0.717) is 12.3 Å². The van der Waals surface area contributed by atoms with Crippen molar-refractivity contribution >= 4 is 17.5 Å². The van der Waals surface area contributed by atoms with Gasteiger partial charge in [-0.1, -0.05) is 45.4 Å². The first-order valence-corrected chi connectivity index (χ1v) is 9.84. The van der Waals surface area contributed by atoms with Crippen LogP contribution in [0.5, 0.6) is 5.75 Å². The van der Waals surface area contributed by atoms with E-state index >= 15 is 0 Å². The smallest absolute Gasteiger partial charge is 0.277 e. The van der Waals surface area contributed by atoms with Crippen LogP contribution < -0.4 is 10.1 Å². The SMILES string of the molecule is CCCCCCCCCOc1ccc(NC2=CC(=O)N(CCO)C2=O)cc1. The number of amides is 2. The maximum absolute atomic E-state index is 12.1. The molecule has 1 aromatic rings. The van der Waals surface area contributed by atoms with Crippen molar-refractivity contribution in [3.8, 4) is 5.75 Å². The molecular weight excluding hydrogens is 344 g/mol. The van der Waals surface area contributed by atoms with Crippen molar-refractivity contribution in [1.29, 1.82) is 0 Å². The fourth-order valence-corrected chi connectivity index (χ4v) is 2.95. The van der Waals surface area contributed by atoms with Crippen molar-refractivity contribution in [2.45, 2.75) is 51.9 Å². The van der Waals surface area contributed by atoms with Gasteiger partial charge in [0.15, 0.2) is 0 Å². The third kappa shape index (κ3) is 6.71. The zero-order valence-corrected chi connectivity index (χ0v) is 16.1. The zero-order chi connectivity index (χ0) is 19.5. The number of imide groups is 1. The van der Waals surface area contributed by atoms with E-state index in [-0.39, 0.29) is 18.8 Å². The summed E-state index contributed by atoms with van der Waals surface area (Å²) in [5.74, 6) is -0.0456. The number of hydrogen-bond acceptors (Lipinski definition) is 5. The van der Waals surface area contributed by atoms with Crippen LogP contribution in [0.2, 0.25) is 0 Å². The lowest BCUT2D eigenvalue weighted by atomic mass is 10.1. The summed E-state index contributed by atoms with van der Waals surface area (Å²) >= 11 is 0. The lowest BCUT2D eigenvalue weighted by Gasteiger charge is -2.13. The number of β-amino-alcohol motifs (C(OH)–C–C–N with tert-alkyl or cyclic N) is 1. The minimum absolute atomic E-state index is 0.00469. The normalized spacial score (nSPS) is 13.9. The van der Waals surface area contributed by atoms with Crippen LogP contribution in [-0.2, 0) is 9.59 Å². The van der Waals surface area contributed by atoms with E-state index in [4.69, 9.17) is 9.84 Å². The zero-order valence-electron chi connectivity index (χ0n) is 16.1. The van der Waals surface area contributed by atoms with Crippen molar-refractivity contribution in [3.63, 3.8) is 0 Å². The summed E-state index contributed by atoms with van der Waals surface area (Å²) in [5, 5.41) is 11.9. The van der Waals surface area contributed by atoms with Gasteiger partial charge in [-0.15, -0.1) is 0 Å². The monoisotopic (exact) mass is 374 g/mol. The first-order chi connectivity index (χ1) is 13.2. The summed E-state index contributed by atoms with van der Waals surface area (Å²) in [4.78, 5) is 24.8. The fourth-order valence-electron chi connectivity index (χ4n) is 2.95. The molecule has 1 aliphatic heterocycles. The molecule has 0 unspecified atom stereocenters. The molecule has 27 heavy (non-hydrogen) atoms. The second kappa shape index (κ2) is 11.4. The Bertz CT molecular complexity index is 640. The molecule has 0 aliphatic carbocycles. The molecule has 0 radical (unpaired) electrons. The predicted molar refractivity (Wildman–Crippen MR) is 105 cm³/mol. The van der Waals surface area contributed by atoms with E-state index in [9.17, 15) is 9.59 Å². The highest BCUT2D eigenvalue weighted by Gasteiger charge is 2.30. The minimum Gasteiger partial charge on any atom is -0.494 e. The number of carbonyl (C=O) groups is 2. The highest BCUT2D eigenvalue weighted by molar-refractivity contribution is 6.17. The summed E-state index contributed by atoms with van der Waals surface area (Å²) in [6.45, 7) is 2.69. The van der Waals surface area contributed by atoms with Gasteiger partial charge in [-0.25, -0.2) is 0 Å². The molecule has 0 aromatic heterocycles. The molecule has 0 spiro atoms. The van der Waals surface area contributed by atoms with E-state index in [0.717, 1.165) is 17.1 Å². The van der Waals surface area contributed by atoms with E-state index in [1.54, 1.807) is 0 Å². The number of aliphatic hydroxyl groups is 1. The average Bonchev–Trinajstić information content (AvgIpc) is 2.93. The molecule has 1 heterocycles. The second-order valence-corrected chi connectivity index (χ2v) is 6.70. The molecule has 0 bridgehead atoms. The van der Waals surface area contributed by atoms with Gasteiger partial charge in [-0.2, -0.15) is 0 Å². The summed E-state index contributed by atoms with van der Waals surface area (Å²) < 4.78 is 5.75. The highest BCUT2D eigenvalue weighted by atomic mass is 16.5. The molecule has 2 amide bonds. The van der Waals surface area contributed by atoms with Gasteiger partial charge in [0, 0.05) is 11.8 Å². The van der Waals surface area contributed by atoms with Gasteiger partial charge in [0.25, 0.3) is 11.8 Å². The minimum atomic E-state index is -0.423. The third-order valence-corrected chi connectivity index (χ3v) is 4.48. The van der Waals surface area contributed by atoms with Crippen molar-refractivity contribution in [2.24, 2.45) is 0 Å². The Hall–Kier alpha value is -2.34. The van der Waals surface area contributed by atoms with Crippen LogP contribution in [0.4, 0.5) is 5.69 Å². The predicted octanol–water partition coefficient (Wildman–Crippen LogP) is 3.47. The maximum atomic E-state index is 12.1. The average molecular weight is 374 g/mol. The van der Waals surface area contributed by atoms with Gasteiger partial charge in [0.2, 0.25) is 0 Å². The van der Waals surface area contributed by atoms with Gasteiger partial charge in [-0.3, -0.25) is 14.5 Å². The number of benzene rings is 1. The number of hydrogen-bond donors (Lipinski definition) is 2. The summed E-state index contributed by atoms with van der Waals surface area (Å²) in [7, 11) is 0. The summed E-state index contributed by atoms with van der Waals surface area (Å²) in [6, 6.07) is 7.31. The van der Waals surface area contributed by atoms with Crippen molar-refractivity contribution in [1.82, 2.24) is 4.90 Å². The number of anilines is 1. The summed E-state index contributed by atoms with van der Waals surface area (Å²) in [6.07, 6.45) is 10.00. The molecular formula is C21H30N2O4. The van der Waals surface area contributed by atoms with E-state index in [1.807, 2.05) is 24.3 Å². The van der Waals surface area contributed by atoms with Crippen LogP contribution in [0.1, 0.15) is 51.9 Å². The Morgan fingerprint density at radius 3 is 2.33 bits per heavy atom. The first-order valence-electron chi connectivity index (χ1n) is 9.84. The highest BCUT2D eigenvalue weighted by Crippen LogP contribution is 2.20. The molecule has 6 heteroatoms. The van der Waals surface area contributed by atoms with Gasteiger partial charge < -0.3 is 15.2 Å². The Morgan fingerprint density at radius 1 is 1.00 bits per heavy atom. The van der Waals surface area contributed by atoms with Crippen LogP contribution in [0.15, 0.2) is 36.0 Å². The first kappa shape index (κ1) is 21.0. The van der Waals surface area contributed by atoms with Gasteiger partial charge in [-0.05, 0) is 30.7 Å². The number of ether oxygens (including phenoxy) is 1. The quantitative estimate of drug-likeness (QED) is 0.408. The molecule has 148 valence electrons. The molecule has 0 saturated carbocycles. The largest absolute Gasteiger partial charge is 0.494 e. The van der Waals surface area contributed by atoms with E-state index in [2.05, 4.69) is 12.2 Å². The number of aliphatic hydroxyl groups excluding tert-OH is 1. The van der Waals surface area contributed by atoms with E-state index < -0.39 is 11.8 Å². The molecule has 1 aliphatic rings. The summed E-state index contributed by atoms with van der Waals surface area (Å²) in [5.41, 5.74) is 0.918. The molecule has 6 nitrogen and oxygen atoms in total. The second-order valence-electron chi connectivity index (χ2n) is 6.70. The number of unbranched alkanes of at least 4 members (excludes halogenated alkanes) is 6. The maximum Gasteiger partial charge on any atom is 0.277 e. The fraction of sp³-hybridized carbons (Fsp3) is 0.524. The van der Waals surface area contributed by atoms with Crippen molar-refractivity contribution < 1.29 is 19.4 Å². The number of nitrogens with zero attached hydrogens (tertiary/aromatic N) is 1. The van der Waals surface area contributed by atoms with Gasteiger partial charge >= 0.3 is 0 Å². The van der Waals surface area contributed by atoms with Crippen LogP contribution in [-0.4, -0.2) is 41.6 Å². The van der Waals surface area contributed by atoms with Crippen molar-refractivity contribution in [2.75, 3.05) is 25.1 Å². The Labute approximate surface area is 161 Å². The standard InChI is InChI=1S/C21H30N2O4/c1-2-3-4-5-6-7-8-15-27-18-11-9-17(10-12-18)22-19-16-20(25)23(13-14-24)21(19)26/h9-12,16,22,24H,2-8,13-15H2,1H3. The third-order valence-electron chi connectivity index (χ3n) is 4.48. The van der Waals surface area contributed by atoms with Crippen LogP contribution in [0.25, 0.3) is 0 Å². The molecule has 1 aromatic carbocycles. The molecule has 2 N–H and O–H groups in total. The van der Waals surface area contributed by atoms with Gasteiger partial charge in [0.1, 0.15) is 11.4 Å².